The van der Waals surface area contributed by atoms with E-state index in [2.05, 4.69) is 4.98 Å². The van der Waals surface area contributed by atoms with Crippen LogP contribution >= 0.6 is 11.6 Å². The maximum Gasteiger partial charge on any atom is 0.320 e. The van der Waals surface area contributed by atoms with Crippen molar-refractivity contribution in [1.82, 2.24) is 9.55 Å². The van der Waals surface area contributed by atoms with E-state index in [1.54, 1.807) is 12.1 Å². The minimum Gasteiger partial charge on any atom is -0.495 e. The van der Waals surface area contributed by atoms with E-state index in [4.69, 9.17) is 16.3 Å². The first-order chi connectivity index (χ1) is 8.54. The highest BCUT2D eigenvalue weighted by Gasteiger charge is 2.11. The summed E-state index contributed by atoms with van der Waals surface area (Å²) in [6, 6.07) is 3.31. The van der Waals surface area contributed by atoms with E-state index in [9.17, 15) is 9.59 Å². The molecule has 1 aromatic carbocycles. The summed E-state index contributed by atoms with van der Waals surface area (Å²) < 4.78 is 6.40. The monoisotopic (exact) mass is 266 g/mol. The number of halogens is 1. The molecule has 0 saturated carbocycles. The van der Waals surface area contributed by atoms with Crippen molar-refractivity contribution in [2.45, 2.75) is 6.92 Å². The van der Waals surface area contributed by atoms with Crippen molar-refractivity contribution in [2.24, 2.45) is 0 Å². The number of aromatic amines is 1. The summed E-state index contributed by atoms with van der Waals surface area (Å²) in [6.07, 6.45) is 2.86. The summed E-state index contributed by atoms with van der Waals surface area (Å²) >= 11 is 5.99. The Hall–Kier alpha value is -2.01. The Morgan fingerprint density at radius 2 is 2.06 bits per heavy atom. The molecular weight excluding hydrogens is 256 g/mol. The fourth-order valence-corrected chi connectivity index (χ4v) is 1.77. The van der Waals surface area contributed by atoms with E-state index in [1.807, 2.05) is 6.92 Å². The normalized spacial score (nSPS) is 10.4. The number of aromatic nitrogens is 2. The molecule has 1 aromatic heterocycles. The van der Waals surface area contributed by atoms with Crippen LogP contribution in [0.3, 0.4) is 0 Å². The number of H-pyrrole nitrogens is 1. The third-order valence-electron chi connectivity index (χ3n) is 2.57. The van der Waals surface area contributed by atoms with Gasteiger partial charge in [-0.3, -0.25) is 14.2 Å². The van der Waals surface area contributed by atoms with Crippen molar-refractivity contribution in [3.63, 3.8) is 0 Å². The van der Waals surface area contributed by atoms with Crippen LogP contribution in [-0.2, 0) is 0 Å². The van der Waals surface area contributed by atoms with Crippen LogP contribution in [0.15, 0.2) is 34.1 Å². The second-order valence-corrected chi connectivity index (χ2v) is 4.14. The highest BCUT2D eigenvalue weighted by atomic mass is 35.5. The maximum atomic E-state index is 11.8. The summed E-state index contributed by atoms with van der Waals surface area (Å²) in [7, 11) is 1.47. The lowest BCUT2D eigenvalue weighted by Gasteiger charge is -2.12. The summed E-state index contributed by atoms with van der Waals surface area (Å²) in [5.74, 6) is 0.429. The number of methoxy groups -OCH3 is 1. The maximum absolute atomic E-state index is 11.8. The molecule has 0 spiro atoms. The Morgan fingerprint density at radius 3 is 2.72 bits per heavy atom. The minimum absolute atomic E-state index is 0.429. The number of rotatable bonds is 2. The van der Waals surface area contributed by atoms with Gasteiger partial charge < -0.3 is 9.72 Å². The molecule has 0 bridgehead atoms. The summed E-state index contributed by atoms with van der Waals surface area (Å²) in [5, 5.41) is 0.536. The van der Waals surface area contributed by atoms with E-state index < -0.39 is 11.1 Å². The largest absolute Gasteiger partial charge is 0.495 e. The van der Waals surface area contributed by atoms with Gasteiger partial charge >= 0.3 is 11.1 Å². The number of hydrogen-bond acceptors (Lipinski definition) is 3. The van der Waals surface area contributed by atoms with E-state index >= 15 is 0 Å². The zero-order chi connectivity index (χ0) is 13.3. The van der Waals surface area contributed by atoms with Gasteiger partial charge in [-0.1, -0.05) is 11.6 Å². The highest BCUT2D eigenvalue weighted by molar-refractivity contribution is 6.31. The van der Waals surface area contributed by atoms with Crippen molar-refractivity contribution in [3.05, 3.63) is 55.8 Å². The molecule has 1 N–H and O–H groups in total. The van der Waals surface area contributed by atoms with Crippen molar-refractivity contribution < 1.29 is 4.74 Å². The Labute approximate surface area is 108 Å². The molecule has 0 radical (unpaired) electrons. The van der Waals surface area contributed by atoms with Gasteiger partial charge in [0.1, 0.15) is 5.75 Å². The fourth-order valence-electron chi connectivity index (χ4n) is 1.62. The second-order valence-electron chi connectivity index (χ2n) is 3.74. The Kier molecular flexibility index (Phi) is 3.25. The Morgan fingerprint density at radius 1 is 1.33 bits per heavy atom. The van der Waals surface area contributed by atoms with Gasteiger partial charge in [0.05, 0.1) is 12.8 Å². The molecule has 18 heavy (non-hydrogen) atoms. The second kappa shape index (κ2) is 4.70. The molecule has 0 unspecified atom stereocenters. The van der Waals surface area contributed by atoms with E-state index in [0.29, 0.717) is 16.5 Å². The summed E-state index contributed by atoms with van der Waals surface area (Å²) in [5.41, 5.74) is -0.0835. The van der Waals surface area contributed by atoms with Crippen molar-refractivity contribution in [2.75, 3.05) is 7.11 Å². The molecule has 0 atom stereocenters. The van der Waals surface area contributed by atoms with Gasteiger partial charge in [-0.05, 0) is 18.6 Å². The lowest BCUT2D eigenvalue weighted by Crippen LogP contribution is -2.34. The van der Waals surface area contributed by atoms with Crippen molar-refractivity contribution in [3.8, 4) is 11.4 Å². The standard InChI is InChI=1S/C12H11ClN2O3/c1-7-5-9(10(18-2)6-8(7)13)15-4-3-14-11(16)12(15)17/h3-6H,1-2H3,(H,14,16). The summed E-state index contributed by atoms with van der Waals surface area (Å²) in [6.45, 7) is 1.81. The van der Waals surface area contributed by atoms with Crippen LogP contribution in [0, 0.1) is 6.92 Å². The van der Waals surface area contributed by atoms with Gasteiger partial charge in [0, 0.05) is 23.5 Å². The number of nitrogens with zero attached hydrogens (tertiary/aromatic N) is 1. The molecule has 94 valence electrons. The quantitative estimate of drug-likeness (QED) is 0.838. The van der Waals surface area contributed by atoms with E-state index in [1.165, 1.54) is 24.1 Å². The molecule has 0 amide bonds. The molecule has 6 heteroatoms. The van der Waals surface area contributed by atoms with Crippen LogP contribution in [0.4, 0.5) is 0 Å². The summed E-state index contributed by atoms with van der Waals surface area (Å²) in [4.78, 5) is 25.4. The fraction of sp³-hybridized carbons (Fsp3) is 0.167. The molecule has 0 saturated heterocycles. The number of aryl methyl sites for hydroxylation is 1. The van der Waals surface area contributed by atoms with Crippen LogP contribution in [0.25, 0.3) is 5.69 Å². The molecule has 5 nitrogen and oxygen atoms in total. The molecule has 2 aromatic rings. The first-order valence-electron chi connectivity index (χ1n) is 5.19. The smallest absolute Gasteiger partial charge is 0.320 e. The topological polar surface area (TPSA) is 64.1 Å². The predicted molar refractivity (Wildman–Crippen MR) is 69.0 cm³/mol. The van der Waals surface area contributed by atoms with Gasteiger partial charge in [0.15, 0.2) is 0 Å². The van der Waals surface area contributed by atoms with Gasteiger partial charge in [0.25, 0.3) is 0 Å². The molecular formula is C12H11ClN2O3. The molecule has 0 fully saturated rings. The average Bonchev–Trinajstić information content (AvgIpc) is 2.36. The molecule has 1 heterocycles. The third-order valence-corrected chi connectivity index (χ3v) is 2.98. The van der Waals surface area contributed by atoms with E-state index in [-0.39, 0.29) is 0 Å². The van der Waals surface area contributed by atoms with Crippen LogP contribution in [-0.4, -0.2) is 16.7 Å². The Bertz CT molecular complexity index is 703. The molecule has 0 aliphatic carbocycles. The first-order valence-corrected chi connectivity index (χ1v) is 5.57. The zero-order valence-electron chi connectivity index (χ0n) is 9.86. The number of hydrogen-bond donors (Lipinski definition) is 1. The number of benzene rings is 1. The average molecular weight is 267 g/mol. The van der Waals surface area contributed by atoms with Gasteiger partial charge in [-0.2, -0.15) is 0 Å². The SMILES string of the molecule is COc1cc(Cl)c(C)cc1-n1cc[nH]c(=O)c1=O. The van der Waals surface area contributed by atoms with Crippen LogP contribution in [0.1, 0.15) is 5.56 Å². The van der Waals surface area contributed by atoms with Gasteiger partial charge in [0.2, 0.25) is 0 Å². The van der Waals surface area contributed by atoms with Crippen LogP contribution in [0.5, 0.6) is 5.75 Å². The van der Waals surface area contributed by atoms with Crippen molar-refractivity contribution in [1.29, 1.82) is 0 Å². The predicted octanol–water partition coefficient (Wildman–Crippen LogP) is 1.50. The lowest BCUT2D eigenvalue weighted by atomic mass is 10.2. The highest BCUT2D eigenvalue weighted by Crippen LogP contribution is 2.28. The van der Waals surface area contributed by atoms with E-state index in [0.717, 1.165) is 5.56 Å². The third kappa shape index (κ3) is 2.04. The number of ether oxygens (including phenoxy) is 1. The molecule has 2 rings (SSSR count). The zero-order valence-corrected chi connectivity index (χ0v) is 10.6. The van der Waals surface area contributed by atoms with Crippen LogP contribution < -0.4 is 15.9 Å². The van der Waals surface area contributed by atoms with Gasteiger partial charge in [-0.15, -0.1) is 0 Å². The van der Waals surface area contributed by atoms with Crippen molar-refractivity contribution >= 4 is 11.6 Å². The lowest BCUT2D eigenvalue weighted by molar-refractivity contribution is 0.412. The van der Waals surface area contributed by atoms with Crippen LogP contribution in [0.2, 0.25) is 5.02 Å². The van der Waals surface area contributed by atoms with Gasteiger partial charge in [-0.25, -0.2) is 0 Å². The Balaban J connectivity index is 2.78. The first kappa shape index (κ1) is 12.4. The minimum atomic E-state index is -0.688. The molecule has 0 aliphatic heterocycles. The number of nitrogens with one attached hydrogen (secondary N) is 1. The molecule has 0 aliphatic rings.